The zero-order valence-corrected chi connectivity index (χ0v) is 16.3. The van der Waals surface area contributed by atoms with Gasteiger partial charge in [-0.15, -0.1) is 0 Å². The molecule has 0 aliphatic rings. The van der Waals surface area contributed by atoms with Crippen LogP contribution in [-0.2, 0) is 10.2 Å². The van der Waals surface area contributed by atoms with Crippen LogP contribution in [-0.4, -0.2) is 26.2 Å². The lowest BCUT2D eigenvalue weighted by Gasteiger charge is -2.20. The van der Waals surface area contributed by atoms with Crippen LogP contribution in [0.15, 0.2) is 42.5 Å². The Morgan fingerprint density at radius 3 is 2.12 bits per heavy atom. The van der Waals surface area contributed by atoms with Gasteiger partial charge in [-0.05, 0) is 42.2 Å². The lowest BCUT2D eigenvalue weighted by molar-refractivity contribution is -0.122. The van der Waals surface area contributed by atoms with Crippen molar-refractivity contribution in [3.8, 4) is 17.2 Å². The van der Waals surface area contributed by atoms with E-state index >= 15 is 0 Å². The van der Waals surface area contributed by atoms with E-state index in [1.54, 1.807) is 39.3 Å². The molecular weight excluding hydrogens is 330 g/mol. The van der Waals surface area contributed by atoms with E-state index in [1.165, 1.54) is 5.56 Å². The fourth-order valence-corrected chi connectivity index (χ4v) is 2.45. The third-order valence-corrected chi connectivity index (χ3v) is 4.05. The van der Waals surface area contributed by atoms with Crippen molar-refractivity contribution in [1.29, 1.82) is 0 Å². The molecule has 1 amide bonds. The summed E-state index contributed by atoms with van der Waals surface area (Å²) in [6, 6.07) is 13.0. The molecule has 2 aromatic carbocycles. The van der Waals surface area contributed by atoms with Crippen molar-refractivity contribution in [1.82, 2.24) is 0 Å². The molecular formula is C21H27NO4. The molecule has 0 aromatic heterocycles. The first-order valence-electron chi connectivity index (χ1n) is 8.54. The lowest BCUT2D eigenvalue weighted by Crippen LogP contribution is -2.30. The smallest absolute Gasteiger partial charge is 0.265 e. The summed E-state index contributed by atoms with van der Waals surface area (Å²) in [5.41, 5.74) is 1.91. The Bertz CT molecular complexity index is 748. The fourth-order valence-electron chi connectivity index (χ4n) is 2.45. The molecule has 0 aliphatic carbocycles. The van der Waals surface area contributed by atoms with Crippen LogP contribution in [0.25, 0.3) is 0 Å². The Morgan fingerprint density at radius 1 is 0.962 bits per heavy atom. The van der Waals surface area contributed by atoms with Crippen LogP contribution in [0.1, 0.15) is 33.3 Å². The topological polar surface area (TPSA) is 56.8 Å². The Labute approximate surface area is 155 Å². The summed E-state index contributed by atoms with van der Waals surface area (Å²) >= 11 is 0. The summed E-state index contributed by atoms with van der Waals surface area (Å²) in [6.45, 7) is 8.18. The molecule has 0 radical (unpaired) electrons. The summed E-state index contributed by atoms with van der Waals surface area (Å²) in [5.74, 6) is 1.58. The molecule has 140 valence electrons. The van der Waals surface area contributed by atoms with Crippen LogP contribution in [0.2, 0.25) is 0 Å². The first-order chi connectivity index (χ1) is 12.2. The Morgan fingerprint density at radius 2 is 1.58 bits per heavy atom. The number of hydrogen-bond donors (Lipinski definition) is 1. The molecule has 0 aliphatic heterocycles. The van der Waals surface area contributed by atoms with Crippen molar-refractivity contribution >= 4 is 11.6 Å². The van der Waals surface area contributed by atoms with Gasteiger partial charge in [0.05, 0.1) is 14.2 Å². The minimum Gasteiger partial charge on any atom is -0.493 e. The van der Waals surface area contributed by atoms with Gasteiger partial charge >= 0.3 is 0 Å². The van der Waals surface area contributed by atoms with Crippen molar-refractivity contribution in [3.63, 3.8) is 0 Å². The molecule has 0 heterocycles. The molecule has 5 nitrogen and oxygen atoms in total. The lowest BCUT2D eigenvalue weighted by atomic mass is 9.87. The van der Waals surface area contributed by atoms with E-state index in [-0.39, 0.29) is 11.3 Å². The second kappa shape index (κ2) is 8.13. The predicted octanol–water partition coefficient (Wildman–Crippen LogP) is 4.41. The van der Waals surface area contributed by atoms with Crippen LogP contribution < -0.4 is 19.5 Å². The average molecular weight is 357 g/mol. The number of hydrogen-bond acceptors (Lipinski definition) is 4. The van der Waals surface area contributed by atoms with Gasteiger partial charge in [-0.2, -0.15) is 0 Å². The van der Waals surface area contributed by atoms with Gasteiger partial charge < -0.3 is 19.5 Å². The number of nitrogens with one attached hydrogen (secondary N) is 1. The molecule has 26 heavy (non-hydrogen) atoms. The summed E-state index contributed by atoms with van der Waals surface area (Å²) < 4.78 is 16.2. The van der Waals surface area contributed by atoms with Gasteiger partial charge in [-0.1, -0.05) is 32.9 Å². The van der Waals surface area contributed by atoms with Gasteiger partial charge in [-0.3, -0.25) is 4.79 Å². The van der Waals surface area contributed by atoms with E-state index in [2.05, 4.69) is 26.1 Å². The van der Waals surface area contributed by atoms with Crippen molar-refractivity contribution in [3.05, 3.63) is 48.0 Å². The minimum atomic E-state index is -0.636. The standard InChI is InChI=1S/C21H27NO4/c1-14(26-17-10-7-15(8-11-17)21(2,3)4)20(23)22-16-9-12-18(24-5)19(13-16)25-6/h7-14H,1-6H3,(H,22,23)/t14-/m1/s1. The maximum absolute atomic E-state index is 12.4. The minimum absolute atomic E-state index is 0.0783. The van der Waals surface area contributed by atoms with Gasteiger partial charge in [0, 0.05) is 11.8 Å². The summed E-state index contributed by atoms with van der Waals surface area (Å²) in [5, 5.41) is 2.82. The van der Waals surface area contributed by atoms with Crippen LogP contribution in [0, 0.1) is 0 Å². The number of anilines is 1. The van der Waals surface area contributed by atoms with Crippen molar-refractivity contribution < 1.29 is 19.0 Å². The zero-order valence-electron chi connectivity index (χ0n) is 16.3. The monoisotopic (exact) mass is 357 g/mol. The van der Waals surface area contributed by atoms with Gasteiger partial charge in [-0.25, -0.2) is 0 Å². The van der Waals surface area contributed by atoms with Crippen molar-refractivity contribution in [2.24, 2.45) is 0 Å². The first-order valence-corrected chi connectivity index (χ1v) is 8.54. The number of rotatable bonds is 6. The molecule has 2 aromatic rings. The quantitative estimate of drug-likeness (QED) is 0.832. The van der Waals surface area contributed by atoms with Crippen LogP contribution in [0.3, 0.4) is 0 Å². The highest BCUT2D eigenvalue weighted by Crippen LogP contribution is 2.30. The molecule has 1 atom stereocenters. The number of amides is 1. The number of carbonyl (C=O) groups excluding carboxylic acids is 1. The number of benzene rings is 2. The Kier molecular flexibility index (Phi) is 6.14. The molecule has 1 N–H and O–H groups in total. The molecule has 0 unspecified atom stereocenters. The molecule has 0 saturated carbocycles. The fraction of sp³-hybridized carbons (Fsp3) is 0.381. The highest BCUT2D eigenvalue weighted by atomic mass is 16.5. The van der Waals surface area contributed by atoms with Crippen LogP contribution in [0.4, 0.5) is 5.69 Å². The second-order valence-corrected chi connectivity index (χ2v) is 7.09. The van der Waals surface area contributed by atoms with E-state index in [9.17, 15) is 4.79 Å². The molecule has 2 rings (SSSR count). The molecule has 0 spiro atoms. The van der Waals surface area contributed by atoms with E-state index < -0.39 is 6.10 Å². The van der Waals surface area contributed by atoms with Crippen LogP contribution >= 0.6 is 0 Å². The van der Waals surface area contributed by atoms with E-state index in [0.29, 0.717) is 22.9 Å². The largest absolute Gasteiger partial charge is 0.493 e. The second-order valence-electron chi connectivity index (χ2n) is 7.09. The molecule has 5 heteroatoms. The zero-order chi connectivity index (χ0) is 19.3. The SMILES string of the molecule is COc1ccc(NC(=O)[C@@H](C)Oc2ccc(C(C)(C)C)cc2)cc1OC. The van der Waals surface area contributed by atoms with Crippen molar-refractivity contribution in [2.75, 3.05) is 19.5 Å². The third-order valence-electron chi connectivity index (χ3n) is 4.05. The van der Waals surface area contributed by atoms with E-state index in [1.807, 2.05) is 24.3 Å². The van der Waals surface area contributed by atoms with Gasteiger partial charge in [0.2, 0.25) is 0 Å². The molecule has 0 bridgehead atoms. The van der Waals surface area contributed by atoms with Gasteiger partial charge in [0.25, 0.3) is 5.91 Å². The first kappa shape index (κ1) is 19.6. The summed E-state index contributed by atoms with van der Waals surface area (Å²) in [6.07, 6.45) is -0.636. The van der Waals surface area contributed by atoms with Crippen LogP contribution in [0.5, 0.6) is 17.2 Å². The average Bonchev–Trinajstić information content (AvgIpc) is 2.61. The highest BCUT2D eigenvalue weighted by molar-refractivity contribution is 5.94. The Hall–Kier alpha value is -2.69. The molecule has 0 saturated heterocycles. The van der Waals surface area contributed by atoms with E-state index in [4.69, 9.17) is 14.2 Å². The molecule has 0 fully saturated rings. The van der Waals surface area contributed by atoms with Crippen molar-refractivity contribution in [2.45, 2.75) is 39.2 Å². The summed E-state index contributed by atoms with van der Waals surface area (Å²) in [7, 11) is 3.12. The number of methoxy groups -OCH3 is 2. The maximum atomic E-state index is 12.4. The number of carbonyl (C=O) groups is 1. The third kappa shape index (κ3) is 4.91. The number of ether oxygens (including phenoxy) is 3. The van der Waals surface area contributed by atoms with E-state index in [0.717, 1.165) is 0 Å². The maximum Gasteiger partial charge on any atom is 0.265 e. The summed E-state index contributed by atoms with van der Waals surface area (Å²) in [4.78, 5) is 12.4. The predicted molar refractivity (Wildman–Crippen MR) is 103 cm³/mol. The Balaban J connectivity index is 2.01. The van der Waals surface area contributed by atoms with Gasteiger partial charge in [0.1, 0.15) is 5.75 Å². The highest BCUT2D eigenvalue weighted by Gasteiger charge is 2.17. The normalized spacial score (nSPS) is 12.2. The van der Waals surface area contributed by atoms with Gasteiger partial charge in [0.15, 0.2) is 17.6 Å².